The standard InChI is InChI=1S/C30H37N3O2/c1-3-27-29(28(34)21-23(2)33(27)20-19-32-17-11-6-12-18-32)30(35)31-26(25-15-9-5-10-16-25)22-24-13-7-4-8-14-24/h4-5,7-10,13-16,21,26H,3,6,11-12,17-20,22H2,1-2H3,(H,31,35)/t26-/m0/s1. The number of hydrogen-bond acceptors (Lipinski definition) is 3. The van der Waals surface area contributed by atoms with Crippen LogP contribution in [0.3, 0.4) is 0 Å². The smallest absolute Gasteiger partial charge is 0.257 e. The molecule has 0 aliphatic carbocycles. The Balaban J connectivity index is 1.61. The summed E-state index contributed by atoms with van der Waals surface area (Å²) in [6, 6.07) is 21.5. The highest BCUT2D eigenvalue weighted by Gasteiger charge is 2.23. The van der Waals surface area contributed by atoms with Gasteiger partial charge in [-0.1, -0.05) is 74.0 Å². The Kier molecular flexibility index (Phi) is 8.54. The molecule has 1 aliphatic rings. The number of rotatable bonds is 9. The van der Waals surface area contributed by atoms with E-state index in [1.165, 1.54) is 19.3 Å². The van der Waals surface area contributed by atoms with E-state index in [4.69, 9.17) is 0 Å². The van der Waals surface area contributed by atoms with Crippen molar-refractivity contribution < 1.29 is 4.79 Å². The highest BCUT2D eigenvalue weighted by Crippen LogP contribution is 2.20. The van der Waals surface area contributed by atoms with E-state index in [1.54, 1.807) is 6.07 Å². The Labute approximate surface area is 208 Å². The molecule has 0 bridgehead atoms. The molecule has 1 aromatic heterocycles. The number of benzene rings is 2. The molecule has 1 atom stereocenters. The lowest BCUT2D eigenvalue weighted by Gasteiger charge is -2.28. The minimum atomic E-state index is -0.289. The first kappa shape index (κ1) is 24.9. The van der Waals surface area contributed by atoms with E-state index in [9.17, 15) is 9.59 Å². The summed E-state index contributed by atoms with van der Waals surface area (Å²) in [5, 5.41) is 3.20. The first-order valence-electron chi connectivity index (χ1n) is 12.9. The summed E-state index contributed by atoms with van der Waals surface area (Å²) in [7, 11) is 0. The predicted molar refractivity (Wildman–Crippen MR) is 142 cm³/mol. The highest BCUT2D eigenvalue weighted by atomic mass is 16.2. The van der Waals surface area contributed by atoms with Crippen molar-refractivity contribution in [2.24, 2.45) is 0 Å². The van der Waals surface area contributed by atoms with Crippen LogP contribution in [0.5, 0.6) is 0 Å². The lowest BCUT2D eigenvalue weighted by molar-refractivity contribution is 0.0933. The number of nitrogens with zero attached hydrogens (tertiary/aromatic N) is 2. The summed E-state index contributed by atoms with van der Waals surface area (Å²) < 4.78 is 2.18. The molecule has 1 amide bonds. The van der Waals surface area contributed by atoms with Gasteiger partial charge in [0.1, 0.15) is 5.56 Å². The van der Waals surface area contributed by atoms with Gasteiger partial charge in [-0.25, -0.2) is 0 Å². The second-order valence-corrected chi connectivity index (χ2v) is 9.51. The zero-order valence-electron chi connectivity index (χ0n) is 21.0. The van der Waals surface area contributed by atoms with Crippen LogP contribution in [-0.2, 0) is 19.4 Å². The maximum absolute atomic E-state index is 13.7. The van der Waals surface area contributed by atoms with Gasteiger partial charge in [-0.15, -0.1) is 0 Å². The van der Waals surface area contributed by atoms with Crippen molar-refractivity contribution in [3.63, 3.8) is 0 Å². The monoisotopic (exact) mass is 471 g/mol. The molecule has 35 heavy (non-hydrogen) atoms. The van der Waals surface area contributed by atoms with Crippen molar-refractivity contribution in [1.82, 2.24) is 14.8 Å². The van der Waals surface area contributed by atoms with Crippen LogP contribution in [0, 0.1) is 6.92 Å². The number of piperidine rings is 1. The van der Waals surface area contributed by atoms with Gasteiger partial charge in [0.05, 0.1) is 6.04 Å². The molecule has 0 radical (unpaired) electrons. The Morgan fingerprint density at radius 1 is 0.943 bits per heavy atom. The van der Waals surface area contributed by atoms with Gasteiger partial charge in [0.15, 0.2) is 5.43 Å². The number of nitrogens with one attached hydrogen (secondary N) is 1. The molecule has 2 heterocycles. The molecule has 0 unspecified atom stereocenters. The number of aromatic nitrogens is 1. The topological polar surface area (TPSA) is 54.3 Å². The molecule has 0 spiro atoms. The van der Waals surface area contributed by atoms with Crippen molar-refractivity contribution in [1.29, 1.82) is 0 Å². The van der Waals surface area contributed by atoms with Gasteiger partial charge in [-0.05, 0) is 56.8 Å². The summed E-state index contributed by atoms with van der Waals surface area (Å²) in [5.74, 6) is -0.289. The van der Waals surface area contributed by atoms with Crippen LogP contribution in [0.1, 0.15) is 65.1 Å². The SMILES string of the molecule is CCc1c(C(=O)N[C@@H](Cc2ccccc2)c2ccccc2)c(=O)cc(C)n1CCN1CCCCC1. The lowest BCUT2D eigenvalue weighted by atomic mass is 9.98. The molecule has 1 saturated heterocycles. The molecule has 5 heteroatoms. The van der Waals surface area contributed by atoms with Crippen molar-refractivity contribution in [3.8, 4) is 0 Å². The Bertz CT molecular complexity index is 1170. The van der Waals surface area contributed by atoms with E-state index >= 15 is 0 Å². The summed E-state index contributed by atoms with van der Waals surface area (Å²) in [5.41, 5.74) is 4.00. The fraction of sp³-hybridized carbons (Fsp3) is 0.400. The lowest BCUT2D eigenvalue weighted by Crippen LogP contribution is -2.37. The molecular weight excluding hydrogens is 434 g/mol. The summed E-state index contributed by atoms with van der Waals surface area (Å²) in [6.07, 6.45) is 5.10. The van der Waals surface area contributed by atoms with Gasteiger partial charge in [-0.3, -0.25) is 9.59 Å². The second-order valence-electron chi connectivity index (χ2n) is 9.51. The predicted octanol–water partition coefficient (Wildman–Crippen LogP) is 4.92. The molecule has 0 saturated carbocycles. The maximum Gasteiger partial charge on any atom is 0.257 e. The van der Waals surface area contributed by atoms with Gasteiger partial charge in [0, 0.05) is 30.5 Å². The minimum absolute atomic E-state index is 0.197. The minimum Gasteiger partial charge on any atom is -0.347 e. The van der Waals surface area contributed by atoms with Gasteiger partial charge >= 0.3 is 0 Å². The average molecular weight is 472 g/mol. The molecule has 4 rings (SSSR count). The number of carbonyl (C=O) groups is 1. The van der Waals surface area contributed by atoms with Crippen LogP contribution in [0.25, 0.3) is 0 Å². The largest absolute Gasteiger partial charge is 0.347 e. The molecule has 184 valence electrons. The van der Waals surface area contributed by atoms with E-state index < -0.39 is 0 Å². The molecule has 3 aromatic rings. The zero-order chi connectivity index (χ0) is 24.6. The molecule has 5 nitrogen and oxygen atoms in total. The van der Waals surface area contributed by atoms with Crippen LogP contribution in [0.4, 0.5) is 0 Å². The number of carbonyl (C=O) groups excluding carboxylic acids is 1. The van der Waals surface area contributed by atoms with E-state index in [0.29, 0.717) is 12.8 Å². The fourth-order valence-corrected chi connectivity index (χ4v) is 5.19. The highest BCUT2D eigenvalue weighted by molar-refractivity contribution is 5.95. The maximum atomic E-state index is 13.7. The molecule has 2 aromatic carbocycles. The zero-order valence-corrected chi connectivity index (χ0v) is 21.0. The van der Waals surface area contributed by atoms with E-state index in [1.807, 2.05) is 62.4 Å². The van der Waals surface area contributed by atoms with Gasteiger partial charge in [-0.2, -0.15) is 0 Å². The van der Waals surface area contributed by atoms with E-state index in [2.05, 4.69) is 26.9 Å². The molecule has 1 N–H and O–H groups in total. The van der Waals surface area contributed by atoms with Gasteiger partial charge < -0.3 is 14.8 Å². The third-order valence-corrected chi connectivity index (χ3v) is 7.07. The first-order valence-corrected chi connectivity index (χ1v) is 12.9. The van der Waals surface area contributed by atoms with Crippen molar-refractivity contribution in [2.75, 3.05) is 19.6 Å². The van der Waals surface area contributed by atoms with E-state index in [0.717, 1.165) is 48.7 Å². The molecule has 1 fully saturated rings. The third-order valence-electron chi connectivity index (χ3n) is 7.07. The van der Waals surface area contributed by atoms with Crippen LogP contribution >= 0.6 is 0 Å². The normalized spacial score (nSPS) is 15.0. The summed E-state index contributed by atoms with van der Waals surface area (Å²) >= 11 is 0. The molecule has 1 aliphatic heterocycles. The van der Waals surface area contributed by atoms with Crippen LogP contribution in [0.2, 0.25) is 0 Å². The van der Waals surface area contributed by atoms with Gasteiger partial charge in [0.2, 0.25) is 0 Å². The van der Waals surface area contributed by atoms with Crippen molar-refractivity contribution >= 4 is 5.91 Å². The quantitative estimate of drug-likeness (QED) is 0.482. The van der Waals surface area contributed by atoms with Crippen LogP contribution < -0.4 is 10.7 Å². The number of aryl methyl sites for hydroxylation is 1. The number of pyridine rings is 1. The van der Waals surface area contributed by atoms with Gasteiger partial charge in [0.25, 0.3) is 5.91 Å². The Morgan fingerprint density at radius 3 is 2.26 bits per heavy atom. The Morgan fingerprint density at radius 2 is 1.60 bits per heavy atom. The van der Waals surface area contributed by atoms with Crippen LogP contribution in [-0.4, -0.2) is 35.0 Å². The fourth-order valence-electron chi connectivity index (χ4n) is 5.19. The third kappa shape index (κ3) is 6.29. The van der Waals surface area contributed by atoms with E-state index in [-0.39, 0.29) is 22.9 Å². The number of amides is 1. The Hall–Kier alpha value is -3.18. The first-order chi connectivity index (χ1) is 17.1. The van der Waals surface area contributed by atoms with Crippen molar-refractivity contribution in [3.05, 3.63) is 105 Å². The summed E-state index contributed by atoms with van der Waals surface area (Å²) in [6.45, 7) is 8.00. The number of likely N-dealkylation sites (tertiary alicyclic amines) is 1. The molecular formula is C30H37N3O2. The average Bonchev–Trinajstić information content (AvgIpc) is 2.89. The van der Waals surface area contributed by atoms with Crippen LogP contribution in [0.15, 0.2) is 71.5 Å². The number of hydrogen-bond donors (Lipinski definition) is 1. The van der Waals surface area contributed by atoms with Crippen molar-refractivity contribution in [2.45, 2.75) is 58.5 Å². The summed E-state index contributed by atoms with van der Waals surface area (Å²) in [4.78, 5) is 29.3. The second kappa shape index (κ2) is 12.0.